The molecule has 1 heterocycles. The van der Waals surface area contributed by atoms with Crippen LogP contribution in [0.3, 0.4) is 0 Å². The van der Waals surface area contributed by atoms with Crippen LogP contribution in [0, 0.1) is 0 Å². The third-order valence-corrected chi connectivity index (χ3v) is 1.27. The van der Waals surface area contributed by atoms with Gasteiger partial charge in [-0.1, -0.05) is 0 Å². The van der Waals surface area contributed by atoms with E-state index in [0.29, 0.717) is 5.82 Å². The maximum absolute atomic E-state index is 10.5. The highest BCUT2D eigenvalue weighted by Crippen LogP contribution is 1.97. The summed E-state index contributed by atoms with van der Waals surface area (Å²) >= 11 is 0. The summed E-state index contributed by atoms with van der Waals surface area (Å²) in [5, 5.41) is 12.4. The minimum atomic E-state index is -1.09. The molecule has 0 atom stereocenters. The number of carbonyl (C=O) groups is 1. The molecule has 0 spiro atoms. The van der Waals surface area contributed by atoms with Crippen molar-refractivity contribution in [1.29, 1.82) is 0 Å². The maximum Gasteiger partial charge on any atom is 0.373 e. The van der Waals surface area contributed by atoms with Gasteiger partial charge >= 0.3 is 5.97 Å². The van der Waals surface area contributed by atoms with Crippen molar-refractivity contribution in [3.8, 4) is 0 Å². The largest absolute Gasteiger partial charge is 0.475 e. The van der Waals surface area contributed by atoms with E-state index in [1.165, 1.54) is 18.8 Å². The van der Waals surface area contributed by atoms with Crippen molar-refractivity contribution < 1.29 is 14.6 Å². The second kappa shape index (κ2) is 3.31. The number of carboxylic acid groups (broad SMARTS) is 1. The molecule has 12 heavy (non-hydrogen) atoms. The summed E-state index contributed by atoms with van der Waals surface area (Å²) in [6, 6.07) is 0. The lowest BCUT2D eigenvalue weighted by molar-refractivity contribution is 0.0678. The molecule has 0 bridgehead atoms. The van der Waals surface area contributed by atoms with Gasteiger partial charge in [-0.2, -0.15) is 5.10 Å². The van der Waals surface area contributed by atoms with E-state index in [-0.39, 0.29) is 12.4 Å². The Morgan fingerprint density at radius 1 is 1.75 bits per heavy atom. The van der Waals surface area contributed by atoms with E-state index in [9.17, 15) is 4.79 Å². The molecule has 0 saturated carbocycles. The standard InChI is InChI=1S/C6H9N3O3/c1-9-5(6(10)11)7-4(8-9)3-12-2/h3H2,1-2H3,(H,10,11). The summed E-state index contributed by atoms with van der Waals surface area (Å²) in [5.41, 5.74) is 0. The number of rotatable bonds is 3. The normalized spacial score (nSPS) is 10.2. The van der Waals surface area contributed by atoms with Crippen molar-refractivity contribution in [3.05, 3.63) is 11.6 Å². The number of carboxylic acids is 1. The van der Waals surface area contributed by atoms with Crippen molar-refractivity contribution in [1.82, 2.24) is 14.8 Å². The average molecular weight is 171 g/mol. The Labute approximate surface area is 68.8 Å². The molecule has 1 aromatic heterocycles. The van der Waals surface area contributed by atoms with Crippen LogP contribution in [-0.4, -0.2) is 33.0 Å². The summed E-state index contributed by atoms with van der Waals surface area (Å²) in [5.74, 6) is -0.799. The molecular formula is C6H9N3O3. The summed E-state index contributed by atoms with van der Waals surface area (Å²) in [4.78, 5) is 14.2. The summed E-state index contributed by atoms with van der Waals surface area (Å²) < 4.78 is 5.95. The summed E-state index contributed by atoms with van der Waals surface area (Å²) in [7, 11) is 3.02. The number of aryl methyl sites for hydroxylation is 1. The molecule has 0 amide bonds. The van der Waals surface area contributed by atoms with E-state index < -0.39 is 5.97 Å². The molecule has 0 unspecified atom stereocenters. The lowest BCUT2D eigenvalue weighted by Gasteiger charge is -1.88. The molecule has 0 radical (unpaired) electrons. The van der Waals surface area contributed by atoms with Gasteiger partial charge in [-0.05, 0) is 0 Å². The molecule has 0 aliphatic rings. The lowest BCUT2D eigenvalue weighted by atomic mass is 10.6. The Morgan fingerprint density at radius 2 is 2.42 bits per heavy atom. The molecule has 0 saturated heterocycles. The van der Waals surface area contributed by atoms with Crippen LogP contribution in [0.25, 0.3) is 0 Å². The first-order valence-electron chi connectivity index (χ1n) is 3.27. The zero-order chi connectivity index (χ0) is 9.14. The van der Waals surface area contributed by atoms with Crippen LogP contribution in [0.15, 0.2) is 0 Å². The molecule has 6 nitrogen and oxygen atoms in total. The van der Waals surface area contributed by atoms with Crippen molar-refractivity contribution in [2.24, 2.45) is 7.05 Å². The topological polar surface area (TPSA) is 77.2 Å². The van der Waals surface area contributed by atoms with Gasteiger partial charge in [0.25, 0.3) is 0 Å². The third-order valence-electron chi connectivity index (χ3n) is 1.27. The van der Waals surface area contributed by atoms with Gasteiger partial charge in [-0.3, -0.25) is 0 Å². The van der Waals surface area contributed by atoms with E-state index in [1.807, 2.05) is 0 Å². The summed E-state index contributed by atoms with van der Waals surface area (Å²) in [6.45, 7) is 0.223. The fraction of sp³-hybridized carbons (Fsp3) is 0.500. The monoisotopic (exact) mass is 171 g/mol. The van der Waals surface area contributed by atoms with Crippen molar-refractivity contribution in [2.75, 3.05) is 7.11 Å². The van der Waals surface area contributed by atoms with E-state index >= 15 is 0 Å². The highest BCUT2D eigenvalue weighted by atomic mass is 16.5. The first-order chi connectivity index (χ1) is 5.65. The van der Waals surface area contributed by atoms with Gasteiger partial charge in [0.05, 0.1) is 0 Å². The van der Waals surface area contributed by atoms with E-state index in [4.69, 9.17) is 9.84 Å². The highest BCUT2D eigenvalue weighted by molar-refractivity contribution is 5.83. The van der Waals surface area contributed by atoms with E-state index in [1.54, 1.807) is 0 Å². The first-order valence-corrected chi connectivity index (χ1v) is 3.27. The molecule has 0 fully saturated rings. The number of hydrogen-bond acceptors (Lipinski definition) is 4. The van der Waals surface area contributed by atoms with Crippen molar-refractivity contribution in [3.63, 3.8) is 0 Å². The number of methoxy groups -OCH3 is 1. The Balaban J connectivity index is 2.92. The molecule has 0 aliphatic carbocycles. The molecule has 1 rings (SSSR count). The minimum Gasteiger partial charge on any atom is -0.475 e. The predicted molar refractivity (Wildman–Crippen MR) is 38.7 cm³/mol. The fourth-order valence-corrected chi connectivity index (χ4v) is 0.814. The predicted octanol–water partition coefficient (Wildman–Crippen LogP) is -0.340. The Kier molecular flexibility index (Phi) is 2.39. The van der Waals surface area contributed by atoms with Gasteiger partial charge in [-0.25, -0.2) is 14.5 Å². The smallest absolute Gasteiger partial charge is 0.373 e. The van der Waals surface area contributed by atoms with Gasteiger partial charge in [0.2, 0.25) is 5.82 Å². The Hall–Kier alpha value is -1.43. The second-order valence-corrected chi connectivity index (χ2v) is 2.21. The molecule has 0 aliphatic heterocycles. The molecule has 1 N–H and O–H groups in total. The van der Waals surface area contributed by atoms with Gasteiger partial charge in [0.15, 0.2) is 5.82 Å². The Morgan fingerprint density at radius 3 is 2.83 bits per heavy atom. The highest BCUT2D eigenvalue weighted by Gasteiger charge is 2.12. The number of aromatic carboxylic acids is 1. The lowest BCUT2D eigenvalue weighted by Crippen LogP contribution is -2.06. The molecule has 66 valence electrons. The van der Waals surface area contributed by atoms with Crippen LogP contribution in [0.2, 0.25) is 0 Å². The molecule has 1 aromatic rings. The number of nitrogens with zero attached hydrogens (tertiary/aromatic N) is 3. The SMILES string of the molecule is COCc1nc(C(=O)O)n(C)n1. The fourth-order valence-electron chi connectivity index (χ4n) is 0.814. The third kappa shape index (κ3) is 1.59. The quantitative estimate of drug-likeness (QED) is 0.673. The van der Waals surface area contributed by atoms with Crippen molar-refractivity contribution in [2.45, 2.75) is 6.61 Å². The van der Waals surface area contributed by atoms with Crippen molar-refractivity contribution >= 4 is 5.97 Å². The van der Waals surface area contributed by atoms with Crippen LogP contribution >= 0.6 is 0 Å². The number of aromatic nitrogens is 3. The first kappa shape index (κ1) is 8.66. The van der Waals surface area contributed by atoms with Crippen LogP contribution in [0.5, 0.6) is 0 Å². The van der Waals surface area contributed by atoms with E-state index in [2.05, 4.69) is 10.1 Å². The minimum absolute atomic E-state index is 0.0814. The zero-order valence-electron chi connectivity index (χ0n) is 6.81. The average Bonchev–Trinajstić information content (AvgIpc) is 2.32. The molecular weight excluding hydrogens is 162 g/mol. The molecule has 0 aromatic carbocycles. The van der Waals surface area contributed by atoms with Gasteiger partial charge in [-0.15, -0.1) is 0 Å². The number of hydrogen-bond donors (Lipinski definition) is 1. The Bertz CT molecular complexity index is 294. The number of ether oxygens (including phenoxy) is 1. The van der Waals surface area contributed by atoms with Gasteiger partial charge < -0.3 is 9.84 Å². The van der Waals surface area contributed by atoms with Gasteiger partial charge in [0, 0.05) is 14.2 Å². The molecule has 6 heteroatoms. The second-order valence-electron chi connectivity index (χ2n) is 2.21. The van der Waals surface area contributed by atoms with Gasteiger partial charge in [0.1, 0.15) is 6.61 Å². The van der Waals surface area contributed by atoms with E-state index in [0.717, 1.165) is 0 Å². The van der Waals surface area contributed by atoms with Crippen LogP contribution in [0.4, 0.5) is 0 Å². The zero-order valence-corrected chi connectivity index (χ0v) is 6.81. The van der Waals surface area contributed by atoms with Crippen LogP contribution < -0.4 is 0 Å². The van der Waals surface area contributed by atoms with Crippen LogP contribution in [0.1, 0.15) is 16.4 Å². The maximum atomic E-state index is 10.5. The van der Waals surface area contributed by atoms with Crippen LogP contribution in [-0.2, 0) is 18.4 Å². The summed E-state index contributed by atoms with van der Waals surface area (Å²) in [6.07, 6.45) is 0.